The summed E-state index contributed by atoms with van der Waals surface area (Å²) in [4.78, 5) is 28.1. The van der Waals surface area contributed by atoms with Crippen molar-refractivity contribution in [3.8, 4) is 0 Å². The van der Waals surface area contributed by atoms with Gasteiger partial charge in [-0.2, -0.15) is 0 Å². The third kappa shape index (κ3) is 5.25. The van der Waals surface area contributed by atoms with Gasteiger partial charge in [0.05, 0.1) is 9.79 Å². The van der Waals surface area contributed by atoms with Gasteiger partial charge in [0.15, 0.2) is 6.61 Å². The highest BCUT2D eigenvalue weighted by Gasteiger charge is 2.31. The summed E-state index contributed by atoms with van der Waals surface area (Å²) < 4.78 is 54.1. The minimum Gasteiger partial charge on any atom is -0.454 e. The molecule has 1 atom stereocenters. The van der Waals surface area contributed by atoms with Crippen molar-refractivity contribution in [2.75, 3.05) is 11.9 Å². The number of sulfonamides is 2. The number of nitrogens with one attached hydrogen (secondary N) is 2. The zero-order chi connectivity index (χ0) is 22.8. The first-order valence-electron chi connectivity index (χ1n) is 8.77. The number of hydrogen-bond acceptors (Lipinski definition) is 8. The van der Waals surface area contributed by atoms with Crippen molar-refractivity contribution in [3.05, 3.63) is 54.1 Å². The van der Waals surface area contributed by atoms with E-state index in [0.29, 0.717) is 5.56 Å². The van der Waals surface area contributed by atoms with E-state index in [2.05, 4.69) is 15.0 Å². The summed E-state index contributed by atoms with van der Waals surface area (Å²) in [5.74, 6) is -1.57. The fraction of sp³-hybridized carbons (Fsp3) is 0.167. The van der Waals surface area contributed by atoms with Crippen LogP contribution in [0.25, 0.3) is 0 Å². The van der Waals surface area contributed by atoms with Crippen LogP contribution in [-0.2, 0) is 34.4 Å². The van der Waals surface area contributed by atoms with Crippen molar-refractivity contribution in [2.45, 2.75) is 22.8 Å². The molecule has 0 radical (unpaired) electrons. The second-order valence-corrected chi connectivity index (χ2v) is 9.70. The first-order valence-corrected chi connectivity index (χ1v) is 11.8. The zero-order valence-corrected chi connectivity index (χ0v) is 17.7. The van der Waals surface area contributed by atoms with Crippen LogP contribution in [0.4, 0.5) is 5.69 Å². The molecule has 2 aromatic rings. The lowest BCUT2D eigenvalue weighted by Gasteiger charge is -2.10. The number of aliphatic imine (C=N–C) groups is 1. The Morgan fingerprint density at radius 3 is 2.61 bits per heavy atom. The van der Waals surface area contributed by atoms with E-state index in [-0.39, 0.29) is 21.3 Å². The molecular weight excluding hydrogens is 448 g/mol. The summed E-state index contributed by atoms with van der Waals surface area (Å²) in [6.45, 7) is 0.730. The third-order valence-corrected chi connectivity index (χ3v) is 6.43. The topological polar surface area (TPSA) is 174 Å². The van der Waals surface area contributed by atoms with Crippen molar-refractivity contribution in [2.24, 2.45) is 10.1 Å². The van der Waals surface area contributed by atoms with Crippen LogP contribution in [0.2, 0.25) is 0 Å². The average Bonchev–Trinajstić information content (AvgIpc) is 2.96. The third-order valence-electron chi connectivity index (χ3n) is 4.12. The Morgan fingerprint density at radius 1 is 1.19 bits per heavy atom. The van der Waals surface area contributed by atoms with Crippen LogP contribution in [-0.4, -0.2) is 47.2 Å². The van der Waals surface area contributed by atoms with Crippen molar-refractivity contribution >= 4 is 43.4 Å². The lowest BCUT2D eigenvalue weighted by molar-refractivity contribution is -0.148. The lowest BCUT2D eigenvalue weighted by atomic mass is 10.2. The minimum atomic E-state index is -3.94. The monoisotopic (exact) mass is 466 g/mol. The molecule has 164 valence electrons. The number of fused-ring (bicyclic) bond motifs is 1. The van der Waals surface area contributed by atoms with Crippen LogP contribution in [0.15, 0.2) is 63.3 Å². The average molecular weight is 466 g/mol. The number of esters is 1. The SMILES string of the molecule is CC(N=C1NS(=O)(=O)c2ccccc21)C(=O)OCC(=O)Nc1cccc(S(N)(=O)=O)c1. The molecule has 1 unspecified atom stereocenters. The van der Waals surface area contributed by atoms with Crippen LogP contribution < -0.4 is 15.2 Å². The van der Waals surface area contributed by atoms with E-state index in [1.54, 1.807) is 18.2 Å². The number of rotatable bonds is 6. The van der Waals surface area contributed by atoms with E-state index in [4.69, 9.17) is 9.88 Å². The predicted octanol–water partition coefficient (Wildman–Crippen LogP) is -0.0571. The molecule has 0 saturated carbocycles. The summed E-state index contributed by atoms with van der Waals surface area (Å²) in [6, 6.07) is 10.3. The molecule has 1 aliphatic rings. The number of primary sulfonamides is 1. The van der Waals surface area contributed by atoms with Gasteiger partial charge in [-0.25, -0.2) is 26.8 Å². The molecule has 1 aliphatic heterocycles. The molecule has 1 amide bonds. The number of nitrogens with zero attached hydrogens (tertiary/aromatic N) is 1. The molecule has 4 N–H and O–H groups in total. The maximum absolute atomic E-state index is 12.2. The number of nitrogens with two attached hydrogens (primary N) is 1. The standard InChI is InChI=1S/C18H18N4O7S2/c1-11(20-17-14-7-2-3-8-15(14)31(27,28)22-17)18(24)29-10-16(23)21-12-5-4-6-13(9-12)30(19,25)26/h2-9,11H,10H2,1H3,(H,20,22)(H,21,23)(H2,19,25,26). The maximum Gasteiger partial charge on any atom is 0.331 e. The quantitative estimate of drug-likeness (QED) is 0.500. The number of hydrogen-bond donors (Lipinski definition) is 3. The first kappa shape index (κ1) is 22.4. The number of amides is 1. The van der Waals surface area contributed by atoms with Crippen LogP contribution in [0.3, 0.4) is 0 Å². The van der Waals surface area contributed by atoms with E-state index in [9.17, 15) is 26.4 Å². The van der Waals surface area contributed by atoms with E-state index >= 15 is 0 Å². The molecular formula is C18H18N4O7S2. The van der Waals surface area contributed by atoms with Crippen LogP contribution in [0, 0.1) is 0 Å². The molecule has 0 bridgehead atoms. The van der Waals surface area contributed by atoms with E-state index in [1.165, 1.54) is 31.2 Å². The summed E-state index contributed by atoms with van der Waals surface area (Å²) in [5.41, 5.74) is 0.479. The Morgan fingerprint density at radius 2 is 1.90 bits per heavy atom. The molecule has 11 nitrogen and oxygen atoms in total. The molecule has 2 aromatic carbocycles. The van der Waals surface area contributed by atoms with E-state index < -0.39 is 44.6 Å². The Hall–Kier alpha value is -3.29. The highest BCUT2D eigenvalue weighted by Crippen LogP contribution is 2.22. The fourth-order valence-electron chi connectivity index (χ4n) is 2.68. The number of amidine groups is 1. The second-order valence-electron chi connectivity index (χ2n) is 6.48. The molecule has 31 heavy (non-hydrogen) atoms. The fourth-order valence-corrected chi connectivity index (χ4v) is 4.48. The van der Waals surface area contributed by atoms with Crippen LogP contribution >= 0.6 is 0 Å². The van der Waals surface area contributed by atoms with Crippen molar-refractivity contribution in [1.29, 1.82) is 0 Å². The Kier molecular flexibility index (Phi) is 6.10. The lowest BCUT2D eigenvalue weighted by Crippen LogP contribution is -2.28. The summed E-state index contributed by atoms with van der Waals surface area (Å²) in [5, 5.41) is 7.42. The van der Waals surface area contributed by atoms with Gasteiger partial charge in [0, 0.05) is 11.3 Å². The smallest absolute Gasteiger partial charge is 0.331 e. The second kappa shape index (κ2) is 8.45. The van der Waals surface area contributed by atoms with Gasteiger partial charge in [-0.1, -0.05) is 18.2 Å². The molecule has 0 aliphatic carbocycles. The molecule has 13 heteroatoms. The molecule has 0 aromatic heterocycles. The van der Waals surface area contributed by atoms with Gasteiger partial charge in [-0.05, 0) is 37.3 Å². The Bertz CT molecular complexity index is 1290. The molecule has 1 heterocycles. The number of carbonyl (C=O) groups is 2. The summed E-state index contributed by atoms with van der Waals surface area (Å²) in [6.07, 6.45) is 0. The largest absolute Gasteiger partial charge is 0.454 e. The van der Waals surface area contributed by atoms with Crippen molar-refractivity contribution in [3.63, 3.8) is 0 Å². The van der Waals surface area contributed by atoms with Gasteiger partial charge in [-0.3, -0.25) is 14.5 Å². The van der Waals surface area contributed by atoms with Gasteiger partial charge in [0.1, 0.15) is 11.9 Å². The minimum absolute atomic E-state index is 0.00399. The molecule has 3 rings (SSSR count). The number of anilines is 1. The zero-order valence-electron chi connectivity index (χ0n) is 16.1. The highest BCUT2D eigenvalue weighted by molar-refractivity contribution is 7.90. The van der Waals surface area contributed by atoms with Crippen molar-refractivity contribution in [1.82, 2.24) is 4.72 Å². The van der Waals surface area contributed by atoms with Gasteiger partial charge in [0.2, 0.25) is 10.0 Å². The highest BCUT2D eigenvalue weighted by atomic mass is 32.2. The predicted molar refractivity (Wildman–Crippen MR) is 110 cm³/mol. The summed E-state index contributed by atoms with van der Waals surface area (Å²) >= 11 is 0. The maximum atomic E-state index is 12.2. The van der Waals surface area contributed by atoms with Gasteiger partial charge >= 0.3 is 5.97 Å². The van der Waals surface area contributed by atoms with Crippen molar-refractivity contribution < 1.29 is 31.2 Å². The number of benzene rings is 2. The van der Waals surface area contributed by atoms with E-state index in [0.717, 1.165) is 6.07 Å². The normalized spacial score (nSPS) is 16.8. The molecule has 0 fully saturated rings. The Labute approximate surface area is 178 Å². The first-order chi connectivity index (χ1) is 14.5. The molecule has 0 saturated heterocycles. The van der Waals surface area contributed by atoms with Gasteiger partial charge < -0.3 is 10.1 Å². The van der Waals surface area contributed by atoms with E-state index in [1.807, 2.05) is 0 Å². The van der Waals surface area contributed by atoms with Gasteiger partial charge in [-0.15, -0.1) is 0 Å². The summed E-state index contributed by atoms with van der Waals surface area (Å²) in [7, 11) is -7.69. The molecule has 0 spiro atoms. The Balaban J connectivity index is 1.61. The van der Waals surface area contributed by atoms with Gasteiger partial charge in [0.25, 0.3) is 15.9 Å². The number of ether oxygens (including phenoxy) is 1. The van der Waals surface area contributed by atoms with Crippen LogP contribution in [0.5, 0.6) is 0 Å². The van der Waals surface area contributed by atoms with Crippen LogP contribution in [0.1, 0.15) is 12.5 Å². The number of carbonyl (C=O) groups excluding carboxylic acids is 2.